The van der Waals surface area contributed by atoms with E-state index >= 15 is 0 Å². The molecule has 0 unspecified atom stereocenters. The fraction of sp³-hybridized carbons (Fsp3) is 0.130. The maximum atomic E-state index is 12.3. The van der Waals surface area contributed by atoms with E-state index in [2.05, 4.69) is 10.3 Å². The molecule has 164 valence electrons. The van der Waals surface area contributed by atoms with Crippen molar-refractivity contribution < 1.29 is 17.6 Å². The number of rotatable bonds is 7. The van der Waals surface area contributed by atoms with Crippen LogP contribution in [0.1, 0.15) is 0 Å². The number of nitrogens with zero attached hydrogens (tertiary/aromatic N) is 2. The van der Waals surface area contributed by atoms with Crippen LogP contribution in [0.5, 0.6) is 0 Å². The van der Waals surface area contributed by atoms with Crippen LogP contribution in [0, 0.1) is 0 Å². The fourth-order valence-electron chi connectivity index (χ4n) is 3.02. The molecule has 0 aliphatic heterocycles. The van der Waals surface area contributed by atoms with Gasteiger partial charge < -0.3 is 9.73 Å². The van der Waals surface area contributed by atoms with Gasteiger partial charge in [-0.3, -0.25) is 4.79 Å². The van der Waals surface area contributed by atoms with Gasteiger partial charge in [-0.1, -0.05) is 54.2 Å². The third kappa shape index (κ3) is 4.85. The van der Waals surface area contributed by atoms with Crippen molar-refractivity contribution in [2.45, 2.75) is 10.1 Å². The maximum absolute atomic E-state index is 12.3. The SMILES string of the molecule is CN(C)S(=O)(=O)c1ccc2oc(SCC(=O)Nc3ccc(-c4ccccc4)cc3)nc2c1. The van der Waals surface area contributed by atoms with Crippen molar-refractivity contribution in [3.63, 3.8) is 0 Å². The number of aromatic nitrogens is 1. The predicted molar refractivity (Wildman–Crippen MR) is 126 cm³/mol. The summed E-state index contributed by atoms with van der Waals surface area (Å²) in [7, 11) is -0.620. The average molecular weight is 468 g/mol. The first-order valence-corrected chi connectivity index (χ1v) is 12.2. The van der Waals surface area contributed by atoms with Crippen molar-refractivity contribution in [1.82, 2.24) is 9.29 Å². The van der Waals surface area contributed by atoms with Gasteiger partial charge in [0.05, 0.1) is 10.6 Å². The second-order valence-electron chi connectivity index (χ2n) is 7.18. The number of sulfonamides is 1. The molecular formula is C23H21N3O4S2. The van der Waals surface area contributed by atoms with Crippen LogP contribution in [0.4, 0.5) is 5.69 Å². The Kier molecular flexibility index (Phi) is 6.31. The summed E-state index contributed by atoms with van der Waals surface area (Å²) in [6.45, 7) is 0. The molecule has 9 heteroatoms. The van der Waals surface area contributed by atoms with Crippen LogP contribution in [0.15, 0.2) is 87.3 Å². The molecule has 1 N–H and O–H groups in total. The summed E-state index contributed by atoms with van der Waals surface area (Å²) < 4.78 is 31.3. The molecule has 0 fully saturated rings. The summed E-state index contributed by atoms with van der Waals surface area (Å²) in [6, 6.07) is 22.1. The number of hydrogen-bond acceptors (Lipinski definition) is 6. The van der Waals surface area contributed by atoms with E-state index in [4.69, 9.17) is 4.42 Å². The van der Waals surface area contributed by atoms with Gasteiger partial charge >= 0.3 is 0 Å². The number of benzene rings is 3. The molecule has 1 amide bonds. The van der Waals surface area contributed by atoms with E-state index in [0.717, 1.165) is 27.2 Å². The summed E-state index contributed by atoms with van der Waals surface area (Å²) in [6.07, 6.45) is 0. The Bertz CT molecular complexity index is 1350. The number of thioether (sulfide) groups is 1. The number of carbonyl (C=O) groups is 1. The van der Waals surface area contributed by atoms with Gasteiger partial charge in [0.2, 0.25) is 15.9 Å². The van der Waals surface area contributed by atoms with Crippen molar-refractivity contribution in [1.29, 1.82) is 0 Å². The number of fused-ring (bicyclic) bond motifs is 1. The summed E-state index contributed by atoms with van der Waals surface area (Å²) in [4.78, 5) is 16.8. The Morgan fingerprint density at radius 3 is 2.38 bits per heavy atom. The standard InChI is InChI=1S/C23H21N3O4S2/c1-26(2)32(28,29)19-12-13-21-20(14-19)25-23(30-21)31-15-22(27)24-18-10-8-17(9-11-18)16-6-4-3-5-7-16/h3-14H,15H2,1-2H3,(H,24,27). The summed E-state index contributed by atoms with van der Waals surface area (Å²) in [5.74, 6) is -0.0866. The number of nitrogens with one attached hydrogen (secondary N) is 1. The third-order valence-electron chi connectivity index (χ3n) is 4.72. The van der Waals surface area contributed by atoms with Crippen LogP contribution in [0.2, 0.25) is 0 Å². The lowest BCUT2D eigenvalue weighted by Gasteiger charge is -2.10. The number of oxazole rings is 1. The molecule has 0 atom stereocenters. The van der Waals surface area contributed by atoms with Crippen molar-refractivity contribution in [3.05, 3.63) is 72.8 Å². The van der Waals surface area contributed by atoms with Gasteiger partial charge in [0.25, 0.3) is 5.22 Å². The van der Waals surface area contributed by atoms with Crippen molar-refractivity contribution in [2.24, 2.45) is 0 Å². The highest BCUT2D eigenvalue weighted by Gasteiger charge is 2.19. The molecule has 7 nitrogen and oxygen atoms in total. The Morgan fingerprint density at radius 2 is 1.69 bits per heavy atom. The molecule has 0 radical (unpaired) electrons. The molecule has 0 aliphatic rings. The first-order chi connectivity index (χ1) is 15.3. The molecule has 4 rings (SSSR count). The number of anilines is 1. The molecular weight excluding hydrogens is 446 g/mol. The number of carbonyl (C=O) groups excluding carboxylic acids is 1. The highest BCUT2D eigenvalue weighted by atomic mass is 32.2. The van der Waals surface area contributed by atoms with Crippen LogP contribution in [0.3, 0.4) is 0 Å². The minimum atomic E-state index is -3.56. The van der Waals surface area contributed by atoms with Crippen LogP contribution in [-0.4, -0.2) is 43.5 Å². The highest BCUT2D eigenvalue weighted by Crippen LogP contribution is 2.26. The molecule has 1 heterocycles. The zero-order valence-electron chi connectivity index (χ0n) is 17.5. The monoisotopic (exact) mass is 467 g/mol. The minimum absolute atomic E-state index is 0.107. The van der Waals surface area contributed by atoms with Crippen molar-refractivity contribution >= 4 is 44.5 Å². The van der Waals surface area contributed by atoms with Gasteiger partial charge in [-0.15, -0.1) is 0 Å². The van der Waals surface area contributed by atoms with Crippen LogP contribution in [0.25, 0.3) is 22.2 Å². The van der Waals surface area contributed by atoms with Gasteiger partial charge in [-0.05, 0) is 41.5 Å². The van der Waals surface area contributed by atoms with Crippen LogP contribution < -0.4 is 5.32 Å². The normalized spacial score (nSPS) is 11.7. The smallest absolute Gasteiger partial charge is 0.257 e. The lowest BCUT2D eigenvalue weighted by atomic mass is 10.1. The molecule has 0 saturated heterocycles. The van der Waals surface area contributed by atoms with Gasteiger partial charge in [-0.25, -0.2) is 17.7 Å². The van der Waals surface area contributed by atoms with E-state index in [1.54, 1.807) is 6.07 Å². The van der Waals surface area contributed by atoms with Crippen molar-refractivity contribution in [2.75, 3.05) is 25.2 Å². The van der Waals surface area contributed by atoms with E-state index in [0.29, 0.717) is 22.0 Å². The minimum Gasteiger partial charge on any atom is -0.431 e. The molecule has 1 aromatic heterocycles. The average Bonchev–Trinajstić information content (AvgIpc) is 3.21. The number of hydrogen-bond donors (Lipinski definition) is 1. The van der Waals surface area contributed by atoms with E-state index < -0.39 is 10.0 Å². The molecule has 0 spiro atoms. The first-order valence-electron chi connectivity index (χ1n) is 9.74. The fourth-order valence-corrected chi connectivity index (χ4v) is 4.58. The van der Waals surface area contributed by atoms with Crippen LogP contribution in [-0.2, 0) is 14.8 Å². The second-order valence-corrected chi connectivity index (χ2v) is 10.3. The molecule has 0 saturated carbocycles. The van der Waals surface area contributed by atoms with E-state index in [1.807, 2.05) is 54.6 Å². The zero-order valence-corrected chi connectivity index (χ0v) is 19.1. The Balaban J connectivity index is 1.38. The maximum Gasteiger partial charge on any atom is 0.257 e. The van der Waals surface area contributed by atoms with E-state index in [9.17, 15) is 13.2 Å². The largest absolute Gasteiger partial charge is 0.431 e. The van der Waals surface area contributed by atoms with Crippen LogP contribution >= 0.6 is 11.8 Å². The molecule has 4 aromatic rings. The Morgan fingerprint density at radius 1 is 1.00 bits per heavy atom. The van der Waals surface area contributed by atoms with Crippen molar-refractivity contribution in [3.8, 4) is 11.1 Å². The first kappa shape index (κ1) is 22.1. The van der Waals surface area contributed by atoms with E-state index in [-0.39, 0.29) is 16.6 Å². The predicted octanol–water partition coefficient (Wildman–Crippen LogP) is 4.48. The summed E-state index contributed by atoms with van der Waals surface area (Å²) in [5.41, 5.74) is 3.76. The van der Waals surface area contributed by atoms with E-state index in [1.165, 1.54) is 26.2 Å². The Hall–Kier alpha value is -3.14. The molecule has 0 aliphatic carbocycles. The summed E-state index contributed by atoms with van der Waals surface area (Å²) in [5, 5.41) is 3.15. The highest BCUT2D eigenvalue weighted by molar-refractivity contribution is 7.99. The van der Waals surface area contributed by atoms with Gasteiger partial charge in [0.15, 0.2) is 5.58 Å². The Labute approximate surface area is 190 Å². The lowest BCUT2D eigenvalue weighted by Crippen LogP contribution is -2.22. The molecule has 3 aromatic carbocycles. The lowest BCUT2D eigenvalue weighted by molar-refractivity contribution is -0.113. The zero-order chi connectivity index (χ0) is 22.7. The third-order valence-corrected chi connectivity index (χ3v) is 7.36. The van der Waals surface area contributed by atoms with Gasteiger partial charge in [0.1, 0.15) is 5.52 Å². The molecule has 32 heavy (non-hydrogen) atoms. The van der Waals surface area contributed by atoms with Gasteiger partial charge in [-0.2, -0.15) is 0 Å². The second kappa shape index (κ2) is 9.15. The number of amides is 1. The topological polar surface area (TPSA) is 92.5 Å². The summed E-state index contributed by atoms with van der Waals surface area (Å²) >= 11 is 1.14. The molecule has 0 bridgehead atoms. The van der Waals surface area contributed by atoms with Gasteiger partial charge in [0, 0.05) is 19.8 Å². The quantitative estimate of drug-likeness (QED) is 0.403.